The van der Waals surface area contributed by atoms with Crippen molar-refractivity contribution in [3.8, 4) is 0 Å². The summed E-state index contributed by atoms with van der Waals surface area (Å²) in [5.74, 6) is 0.185. The Bertz CT molecular complexity index is 221. The molecule has 0 aromatic rings. The third-order valence-corrected chi connectivity index (χ3v) is 3.17. The van der Waals surface area contributed by atoms with Crippen LogP contribution in [0, 0.1) is 0 Å². The van der Waals surface area contributed by atoms with Crippen LogP contribution in [0.25, 0.3) is 0 Å². The lowest BCUT2D eigenvalue weighted by atomic mass is 10.2. The molecule has 1 aliphatic rings. The number of hydrogen-bond donors (Lipinski definition) is 1. The second kappa shape index (κ2) is 6.21. The average molecular weight is 228 g/mol. The molecule has 0 radical (unpaired) electrons. The highest BCUT2D eigenvalue weighted by molar-refractivity contribution is 5.76. The molecule has 0 spiro atoms. The Hall–Kier alpha value is -0.610. The zero-order valence-electron chi connectivity index (χ0n) is 10.6. The molecule has 1 fully saturated rings. The number of rotatable bonds is 4. The summed E-state index contributed by atoms with van der Waals surface area (Å²) in [5, 5.41) is 9.14. The Morgan fingerprint density at radius 1 is 1.19 bits per heavy atom. The third kappa shape index (κ3) is 4.10. The van der Waals surface area contributed by atoms with Crippen molar-refractivity contribution < 1.29 is 9.90 Å². The molecule has 1 saturated heterocycles. The van der Waals surface area contributed by atoms with Crippen molar-refractivity contribution in [3.63, 3.8) is 0 Å². The first kappa shape index (κ1) is 13.5. The standard InChI is InChI=1S/C12H24N2O2/c1-10(2)13-6-8-14(9-7-13)12(16)5-4-11(3)15/h10-11,15H,4-9H2,1-3H3. The summed E-state index contributed by atoms with van der Waals surface area (Å²) in [4.78, 5) is 16.1. The van der Waals surface area contributed by atoms with Gasteiger partial charge in [-0.25, -0.2) is 0 Å². The molecular weight excluding hydrogens is 204 g/mol. The van der Waals surface area contributed by atoms with Crippen molar-refractivity contribution in [2.45, 2.75) is 45.8 Å². The zero-order chi connectivity index (χ0) is 12.1. The summed E-state index contributed by atoms with van der Waals surface area (Å²) < 4.78 is 0. The van der Waals surface area contributed by atoms with Gasteiger partial charge in [0.2, 0.25) is 5.91 Å². The van der Waals surface area contributed by atoms with Gasteiger partial charge < -0.3 is 10.0 Å². The van der Waals surface area contributed by atoms with E-state index in [0.29, 0.717) is 18.9 Å². The predicted octanol–water partition coefficient (Wildman–Crippen LogP) is 0.700. The van der Waals surface area contributed by atoms with Gasteiger partial charge in [-0.15, -0.1) is 0 Å². The molecule has 0 aliphatic carbocycles. The first-order chi connectivity index (χ1) is 7.50. The smallest absolute Gasteiger partial charge is 0.222 e. The Morgan fingerprint density at radius 3 is 2.19 bits per heavy atom. The number of carbonyl (C=O) groups is 1. The lowest BCUT2D eigenvalue weighted by Gasteiger charge is -2.37. The summed E-state index contributed by atoms with van der Waals surface area (Å²) >= 11 is 0. The van der Waals surface area contributed by atoms with Crippen LogP contribution in [-0.2, 0) is 4.79 Å². The molecule has 1 rings (SSSR count). The minimum atomic E-state index is -0.374. The lowest BCUT2D eigenvalue weighted by molar-refractivity contribution is -0.133. The van der Waals surface area contributed by atoms with E-state index in [4.69, 9.17) is 5.11 Å². The van der Waals surface area contributed by atoms with Crippen LogP contribution in [0.2, 0.25) is 0 Å². The zero-order valence-corrected chi connectivity index (χ0v) is 10.6. The van der Waals surface area contributed by atoms with Gasteiger partial charge in [-0.2, -0.15) is 0 Å². The maximum Gasteiger partial charge on any atom is 0.222 e. The highest BCUT2D eigenvalue weighted by Gasteiger charge is 2.22. The minimum absolute atomic E-state index is 0.185. The first-order valence-corrected chi connectivity index (χ1v) is 6.20. The van der Waals surface area contributed by atoms with Gasteiger partial charge in [0, 0.05) is 38.6 Å². The van der Waals surface area contributed by atoms with Crippen molar-refractivity contribution in [1.82, 2.24) is 9.80 Å². The highest BCUT2D eigenvalue weighted by atomic mass is 16.3. The van der Waals surface area contributed by atoms with Crippen molar-refractivity contribution in [2.75, 3.05) is 26.2 Å². The van der Waals surface area contributed by atoms with Crippen LogP contribution in [0.5, 0.6) is 0 Å². The Kier molecular flexibility index (Phi) is 5.22. The van der Waals surface area contributed by atoms with Crippen LogP contribution in [0.4, 0.5) is 0 Å². The molecule has 94 valence electrons. The molecule has 0 bridgehead atoms. The topological polar surface area (TPSA) is 43.8 Å². The van der Waals surface area contributed by atoms with E-state index in [0.717, 1.165) is 26.2 Å². The fourth-order valence-corrected chi connectivity index (χ4v) is 1.98. The molecule has 4 nitrogen and oxygen atoms in total. The second-order valence-corrected chi connectivity index (χ2v) is 4.90. The number of aliphatic hydroxyl groups is 1. The van der Waals surface area contributed by atoms with Crippen LogP contribution >= 0.6 is 0 Å². The minimum Gasteiger partial charge on any atom is -0.393 e. The number of nitrogens with zero attached hydrogens (tertiary/aromatic N) is 2. The van der Waals surface area contributed by atoms with Crippen LogP contribution in [-0.4, -0.2) is 59.1 Å². The van der Waals surface area contributed by atoms with Crippen molar-refractivity contribution in [3.05, 3.63) is 0 Å². The molecule has 0 aromatic heterocycles. The first-order valence-electron chi connectivity index (χ1n) is 6.20. The Balaban J connectivity index is 2.27. The molecule has 1 heterocycles. The van der Waals surface area contributed by atoms with Crippen LogP contribution in [0.15, 0.2) is 0 Å². The molecule has 4 heteroatoms. The molecule has 1 N–H and O–H groups in total. The van der Waals surface area contributed by atoms with E-state index in [1.165, 1.54) is 0 Å². The number of carbonyl (C=O) groups excluding carboxylic acids is 1. The summed E-state index contributed by atoms with van der Waals surface area (Å²) in [5.41, 5.74) is 0. The molecule has 1 aliphatic heterocycles. The molecule has 1 amide bonds. The van der Waals surface area contributed by atoms with Gasteiger partial charge in [-0.1, -0.05) is 0 Å². The van der Waals surface area contributed by atoms with Crippen molar-refractivity contribution in [1.29, 1.82) is 0 Å². The van der Waals surface area contributed by atoms with Crippen LogP contribution in [0.3, 0.4) is 0 Å². The van der Waals surface area contributed by atoms with E-state index in [1.54, 1.807) is 6.92 Å². The van der Waals surface area contributed by atoms with Crippen LogP contribution in [0.1, 0.15) is 33.6 Å². The Morgan fingerprint density at radius 2 is 1.75 bits per heavy atom. The fraction of sp³-hybridized carbons (Fsp3) is 0.917. The van der Waals surface area contributed by atoms with Crippen LogP contribution < -0.4 is 0 Å². The van der Waals surface area contributed by atoms with E-state index in [1.807, 2.05) is 4.90 Å². The fourth-order valence-electron chi connectivity index (χ4n) is 1.98. The molecule has 16 heavy (non-hydrogen) atoms. The second-order valence-electron chi connectivity index (χ2n) is 4.90. The van der Waals surface area contributed by atoms with Gasteiger partial charge in [0.05, 0.1) is 6.10 Å². The summed E-state index contributed by atoms with van der Waals surface area (Å²) in [6.45, 7) is 9.70. The summed E-state index contributed by atoms with van der Waals surface area (Å²) in [7, 11) is 0. The van der Waals surface area contributed by atoms with Crippen molar-refractivity contribution >= 4 is 5.91 Å². The van der Waals surface area contributed by atoms with Gasteiger partial charge >= 0.3 is 0 Å². The van der Waals surface area contributed by atoms with Gasteiger partial charge in [-0.3, -0.25) is 9.69 Å². The predicted molar refractivity (Wildman–Crippen MR) is 64.2 cm³/mol. The normalized spacial score (nSPS) is 20.2. The molecule has 0 aromatic carbocycles. The van der Waals surface area contributed by atoms with Gasteiger partial charge in [0.15, 0.2) is 0 Å². The highest BCUT2D eigenvalue weighted by Crippen LogP contribution is 2.08. The molecule has 0 saturated carbocycles. The SMILES string of the molecule is CC(O)CCC(=O)N1CCN(C(C)C)CC1. The van der Waals surface area contributed by atoms with E-state index in [2.05, 4.69) is 18.7 Å². The van der Waals surface area contributed by atoms with Gasteiger partial charge in [0.1, 0.15) is 0 Å². The molecular formula is C12H24N2O2. The number of amides is 1. The lowest BCUT2D eigenvalue weighted by Crippen LogP contribution is -2.50. The monoisotopic (exact) mass is 228 g/mol. The van der Waals surface area contributed by atoms with E-state index in [-0.39, 0.29) is 12.0 Å². The number of aliphatic hydroxyl groups excluding tert-OH is 1. The van der Waals surface area contributed by atoms with E-state index < -0.39 is 0 Å². The molecule has 1 unspecified atom stereocenters. The Labute approximate surface area is 98.2 Å². The quantitative estimate of drug-likeness (QED) is 0.770. The maximum absolute atomic E-state index is 11.8. The maximum atomic E-state index is 11.8. The van der Waals surface area contributed by atoms with E-state index >= 15 is 0 Å². The summed E-state index contributed by atoms with van der Waals surface area (Å²) in [6, 6.07) is 0.565. The largest absolute Gasteiger partial charge is 0.393 e. The number of hydrogen-bond acceptors (Lipinski definition) is 3. The third-order valence-electron chi connectivity index (χ3n) is 3.17. The van der Waals surface area contributed by atoms with Crippen molar-refractivity contribution in [2.24, 2.45) is 0 Å². The van der Waals surface area contributed by atoms with E-state index in [9.17, 15) is 4.79 Å². The molecule has 1 atom stereocenters. The summed E-state index contributed by atoms with van der Waals surface area (Å²) in [6.07, 6.45) is 0.670. The van der Waals surface area contributed by atoms with Gasteiger partial charge in [-0.05, 0) is 27.2 Å². The number of piperazine rings is 1. The average Bonchev–Trinajstić information content (AvgIpc) is 2.26. The van der Waals surface area contributed by atoms with Gasteiger partial charge in [0.25, 0.3) is 0 Å².